The number of methoxy groups -OCH3 is 1. The van der Waals surface area contributed by atoms with Gasteiger partial charge in [0.15, 0.2) is 0 Å². The summed E-state index contributed by atoms with van der Waals surface area (Å²) in [4.78, 5) is 35.7. The van der Waals surface area contributed by atoms with E-state index in [1.54, 1.807) is 31.2 Å². The predicted molar refractivity (Wildman–Crippen MR) is 150 cm³/mol. The van der Waals surface area contributed by atoms with Gasteiger partial charge in [0, 0.05) is 15.7 Å². The maximum absolute atomic E-state index is 12.0. The molecule has 1 amide bonds. The van der Waals surface area contributed by atoms with Crippen LogP contribution in [-0.4, -0.2) is 35.4 Å². The number of aromatic carboxylic acids is 2. The van der Waals surface area contributed by atoms with Gasteiger partial charge in [0.25, 0.3) is 0 Å². The van der Waals surface area contributed by atoms with E-state index >= 15 is 0 Å². The number of benzene rings is 2. The highest BCUT2D eigenvalue weighted by Crippen LogP contribution is 2.27. The number of halogens is 2. The monoisotopic (exact) mass is 588 g/mol. The van der Waals surface area contributed by atoms with E-state index < -0.39 is 18.0 Å². The van der Waals surface area contributed by atoms with Crippen LogP contribution in [0.1, 0.15) is 43.8 Å². The van der Waals surface area contributed by atoms with Gasteiger partial charge in [-0.15, -0.1) is 0 Å². The average molecular weight is 589 g/mol. The van der Waals surface area contributed by atoms with Gasteiger partial charge in [0.1, 0.15) is 23.0 Å². The van der Waals surface area contributed by atoms with Gasteiger partial charge in [-0.05, 0) is 74.5 Å². The Balaban J connectivity index is 0.000000225. The zero-order valence-electron chi connectivity index (χ0n) is 21.7. The lowest BCUT2D eigenvalue weighted by atomic mass is 10.1. The van der Waals surface area contributed by atoms with Crippen LogP contribution < -0.4 is 10.2 Å². The molecule has 10 nitrogen and oxygen atoms in total. The molecule has 40 heavy (non-hydrogen) atoms. The smallest absolute Gasteiger partial charge is 0.414 e. The number of amides is 1. The van der Waals surface area contributed by atoms with Crippen molar-refractivity contribution in [2.45, 2.75) is 26.9 Å². The Bertz CT molecular complexity index is 1510. The third kappa shape index (κ3) is 8.05. The summed E-state index contributed by atoms with van der Waals surface area (Å²) in [7, 11) is 1.22. The quantitative estimate of drug-likeness (QED) is 0.193. The second-order valence-electron chi connectivity index (χ2n) is 8.40. The third-order valence-electron chi connectivity index (χ3n) is 5.45. The van der Waals surface area contributed by atoms with Gasteiger partial charge in [-0.3, -0.25) is 4.90 Å². The molecule has 0 aliphatic heterocycles. The average Bonchev–Trinajstić information content (AvgIpc) is 3.53. The topological polar surface area (TPSA) is 142 Å². The Kier molecular flexibility index (Phi) is 10.2. The Morgan fingerprint density at radius 1 is 0.825 bits per heavy atom. The van der Waals surface area contributed by atoms with Crippen LogP contribution >= 0.6 is 23.2 Å². The molecule has 2 heterocycles. The first-order valence-corrected chi connectivity index (χ1v) is 12.5. The molecule has 210 valence electrons. The molecule has 3 N–H and O–H groups in total. The fourth-order valence-corrected chi connectivity index (χ4v) is 3.95. The molecule has 0 saturated heterocycles. The summed E-state index contributed by atoms with van der Waals surface area (Å²) in [6.07, 6.45) is -0.695. The van der Waals surface area contributed by atoms with Gasteiger partial charge in [-0.2, -0.15) is 0 Å². The van der Waals surface area contributed by atoms with Crippen molar-refractivity contribution < 1.29 is 38.2 Å². The lowest BCUT2D eigenvalue weighted by molar-refractivity contribution is 0.0686. The van der Waals surface area contributed by atoms with Crippen LogP contribution in [0, 0.1) is 13.8 Å². The first-order valence-electron chi connectivity index (χ1n) is 11.7. The van der Waals surface area contributed by atoms with Crippen LogP contribution in [-0.2, 0) is 17.8 Å². The Labute approximate surface area is 239 Å². The van der Waals surface area contributed by atoms with E-state index in [0.717, 1.165) is 11.5 Å². The first kappa shape index (κ1) is 30.1. The minimum atomic E-state index is -1.19. The van der Waals surface area contributed by atoms with Gasteiger partial charge in [-0.1, -0.05) is 23.2 Å². The molecule has 0 aliphatic rings. The summed E-state index contributed by atoms with van der Waals surface area (Å²) in [6, 6.07) is 16.1. The number of nitrogens with one attached hydrogen (secondary N) is 1. The lowest BCUT2D eigenvalue weighted by Crippen LogP contribution is -2.31. The van der Waals surface area contributed by atoms with E-state index in [0.29, 0.717) is 28.8 Å². The van der Waals surface area contributed by atoms with Crippen molar-refractivity contribution in [2.24, 2.45) is 0 Å². The van der Waals surface area contributed by atoms with E-state index in [9.17, 15) is 19.5 Å². The molecule has 2 aromatic carbocycles. The lowest BCUT2D eigenvalue weighted by Gasteiger charge is -2.22. The van der Waals surface area contributed by atoms with Gasteiger partial charge in [0.2, 0.25) is 0 Å². The van der Waals surface area contributed by atoms with E-state index in [-0.39, 0.29) is 28.4 Å². The number of carboxylic acid groups (broad SMARTS) is 2. The van der Waals surface area contributed by atoms with Gasteiger partial charge < -0.3 is 29.1 Å². The van der Waals surface area contributed by atoms with E-state index in [4.69, 9.17) is 41.9 Å². The second-order valence-corrected chi connectivity index (χ2v) is 9.27. The van der Waals surface area contributed by atoms with Crippen LogP contribution in [0.5, 0.6) is 0 Å². The molecule has 4 rings (SSSR count). The molecule has 0 radical (unpaired) electrons. The molecule has 4 aromatic rings. The Hall–Kier alpha value is -4.41. The number of nitrogens with zero attached hydrogens (tertiary/aromatic N) is 1. The Morgan fingerprint density at radius 2 is 1.38 bits per heavy atom. The van der Waals surface area contributed by atoms with E-state index in [2.05, 4.69) is 5.32 Å². The van der Waals surface area contributed by atoms with Crippen LogP contribution in [0.4, 0.5) is 16.2 Å². The van der Waals surface area contributed by atoms with Crippen molar-refractivity contribution in [2.75, 3.05) is 17.3 Å². The standard InChI is InChI=1S/C15H14ClNO5.C13H12ClNO3/c1-9-3-5-11(22-9)8-17(15(20)21-2)13-6-4-10(16)7-12(13)14(18)19;1-8-2-4-10(18-8)7-15-12-5-3-9(14)6-11(12)13(16)17/h3-7H,8H2,1-2H3,(H,18,19);2-6,15H,7H2,1H3,(H,16,17). The largest absolute Gasteiger partial charge is 0.478 e. The third-order valence-corrected chi connectivity index (χ3v) is 5.92. The van der Waals surface area contributed by atoms with Gasteiger partial charge in [0.05, 0.1) is 37.0 Å². The molecule has 0 atom stereocenters. The first-order chi connectivity index (χ1) is 19.0. The maximum atomic E-state index is 12.0. The Morgan fingerprint density at radius 3 is 1.90 bits per heavy atom. The highest BCUT2D eigenvalue weighted by atomic mass is 35.5. The fourth-order valence-electron chi connectivity index (χ4n) is 3.61. The summed E-state index contributed by atoms with van der Waals surface area (Å²) in [5.41, 5.74) is 0.741. The predicted octanol–water partition coefficient (Wildman–Crippen LogP) is 7.26. The van der Waals surface area contributed by atoms with Crippen molar-refractivity contribution in [1.82, 2.24) is 0 Å². The summed E-state index contributed by atoms with van der Waals surface area (Å²) in [5.74, 6) is 0.557. The number of hydrogen-bond acceptors (Lipinski definition) is 7. The number of furan rings is 2. The van der Waals surface area contributed by atoms with Crippen molar-refractivity contribution >= 4 is 52.6 Å². The molecule has 0 spiro atoms. The normalized spacial score (nSPS) is 10.3. The number of carboxylic acids is 2. The van der Waals surface area contributed by atoms with E-state index in [1.165, 1.54) is 36.3 Å². The minimum absolute atomic E-state index is 0.0441. The molecule has 2 aromatic heterocycles. The molecule has 12 heteroatoms. The maximum Gasteiger partial charge on any atom is 0.414 e. The molecule has 0 fully saturated rings. The van der Waals surface area contributed by atoms with Crippen molar-refractivity contribution in [1.29, 1.82) is 0 Å². The molecular formula is C28H26Cl2N2O8. The van der Waals surface area contributed by atoms with Crippen LogP contribution in [0.25, 0.3) is 0 Å². The molecule has 0 aliphatic carbocycles. The van der Waals surface area contributed by atoms with Gasteiger partial charge >= 0.3 is 18.0 Å². The van der Waals surface area contributed by atoms with Crippen molar-refractivity contribution in [3.8, 4) is 0 Å². The molecule has 0 saturated carbocycles. The number of carbonyl (C=O) groups excluding carboxylic acids is 1. The second kappa shape index (κ2) is 13.6. The number of carbonyl (C=O) groups is 3. The van der Waals surface area contributed by atoms with Gasteiger partial charge in [-0.25, -0.2) is 14.4 Å². The molecule has 0 bridgehead atoms. The summed E-state index contributed by atoms with van der Waals surface area (Å²) in [5, 5.41) is 22.0. The van der Waals surface area contributed by atoms with Crippen LogP contribution in [0.3, 0.4) is 0 Å². The number of rotatable bonds is 8. The minimum Gasteiger partial charge on any atom is -0.478 e. The summed E-state index contributed by atoms with van der Waals surface area (Å²) < 4.78 is 15.6. The molecule has 0 unspecified atom stereocenters. The zero-order valence-corrected chi connectivity index (χ0v) is 23.2. The SMILES string of the molecule is COC(=O)N(Cc1ccc(C)o1)c1ccc(Cl)cc1C(=O)O.Cc1ccc(CNc2ccc(Cl)cc2C(=O)O)o1. The van der Waals surface area contributed by atoms with Crippen LogP contribution in [0.15, 0.2) is 69.5 Å². The van der Waals surface area contributed by atoms with E-state index in [1.807, 2.05) is 19.1 Å². The van der Waals surface area contributed by atoms with Crippen molar-refractivity contribution in [3.63, 3.8) is 0 Å². The highest BCUT2D eigenvalue weighted by Gasteiger charge is 2.24. The fraction of sp³-hybridized carbons (Fsp3) is 0.179. The molecular weight excluding hydrogens is 563 g/mol. The summed E-state index contributed by atoms with van der Waals surface area (Å²) in [6.45, 7) is 4.10. The highest BCUT2D eigenvalue weighted by molar-refractivity contribution is 6.31. The number of aryl methyl sites for hydroxylation is 2. The number of anilines is 2. The number of ether oxygens (including phenoxy) is 1. The van der Waals surface area contributed by atoms with Crippen LogP contribution in [0.2, 0.25) is 10.0 Å². The van der Waals surface area contributed by atoms with Crippen molar-refractivity contribution in [3.05, 3.63) is 105 Å². The number of hydrogen-bond donors (Lipinski definition) is 3. The zero-order chi connectivity index (χ0) is 29.4. The summed E-state index contributed by atoms with van der Waals surface area (Å²) >= 11 is 11.6.